The summed E-state index contributed by atoms with van der Waals surface area (Å²) in [6, 6.07) is 2.37. The fourth-order valence-electron chi connectivity index (χ4n) is 3.12. The van der Waals surface area contributed by atoms with E-state index in [1.54, 1.807) is 11.8 Å². The Morgan fingerprint density at radius 3 is 2.70 bits per heavy atom. The minimum Gasteiger partial charge on any atom is -0.335 e. The first-order chi connectivity index (χ1) is 10.8. The van der Waals surface area contributed by atoms with Crippen LogP contribution in [0.25, 0.3) is 5.65 Å². The van der Waals surface area contributed by atoms with Crippen LogP contribution < -0.4 is 0 Å². The third kappa shape index (κ3) is 2.80. The fourth-order valence-corrected chi connectivity index (χ4v) is 3.12. The van der Waals surface area contributed by atoms with Crippen molar-refractivity contribution in [2.75, 3.05) is 6.54 Å². The molecule has 1 amide bonds. The van der Waals surface area contributed by atoms with Crippen LogP contribution in [0.3, 0.4) is 0 Å². The van der Waals surface area contributed by atoms with Crippen LogP contribution in [-0.2, 0) is 6.18 Å². The summed E-state index contributed by atoms with van der Waals surface area (Å²) in [4.78, 5) is 18.8. The van der Waals surface area contributed by atoms with Gasteiger partial charge in [-0.1, -0.05) is 0 Å². The van der Waals surface area contributed by atoms with Crippen molar-refractivity contribution in [1.82, 2.24) is 14.3 Å². The van der Waals surface area contributed by atoms with Crippen molar-refractivity contribution in [1.29, 1.82) is 0 Å². The molecule has 0 spiro atoms. The smallest absolute Gasteiger partial charge is 0.335 e. The molecule has 4 nitrogen and oxygen atoms in total. The number of carbonyl (C=O) groups is 1. The van der Waals surface area contributed by atoms with Gasteiger partial charge in [0.05, 0.1) is 11.3 Å². The minimum absolute atomic E-state index is 0.0898. The van der Waals surface area contributed by atoms with E-state index in [9.17, 15) is 18.0 Å². The molecule has 0 radical (unpaired) electrons. The monoisotopic (exact) mass is 325 g/mol. The highest BCUT2D eigenvalue weighted by Gasteiger charge is 2.33. The largest absolute Gasteiger partial charge is 0.417 e. The topological polar surface area (TPSA) is 37.6 Å². The minimum atomic E-state index is -4.45. The maximum absolute atomic E-state index is 12.9. The summed E-state index contributed by atoms with van der Waals surface area (Å²) < 4.78 is 40.1. The predicted molar refractivity (Wildman–Crippen MR) is 79.3 cm³/mol. The maximum atomic E-state index is 12.9. The van der Waals surface area contributed by atoms with E-state index < -0.39 is 11.7 Å². The molecule has 2 aromatic heterocycles. The average molecular weight is 325 g/mol. The van der Waals surface area contributed by atoms with Gasteiger partial charge in [0.2, 0.25) is 0 Å². The zero-order valence-corrected chi connectivity index (χ0v) is 13.0. The molecule has 0 N–H and O–H groups in total. The molecule has 23 heavy (non-hydrogen) atoms. The number of halogens is 3. The zero-order valence-electron chi connectivity index (χ0n) is 13.0. The van der Waals surface area contributed by atoms with E-state index in [-0.39, 0.29) is 17.6 Å². The Morgan fingerprint density at radius 1 is 1.30 bits per heavy atom. The van der Waals surface area contributed by atoms with Crippen LogP contribution in [0, 0.1) is 6.92 Å². The Labute approximate surface area is 131 Å². The van der Waals surface area contributed by atoms with Crippen molar-refractivity contribution in [3.05, 3.63) is 35.3 Å². The van der Waals surface area contributed by atoms with Crippen molar-refractivity contribution in [3.8, 4) is 0 Å². The second kappa shape index (κ2) is 5.54. The molecule has 1 saturated heterocycles. The van der Waals surface area contributed by atoms with Gasteiger partial charge in [-0.3, -0.25) is 9.20 Å². The Hall–Kier alpha value is -2.05. The number of carbonyl (C=O) groups excluding carboxylic acids is 1. The number of aromatic nitrogens is 2. The van der Waals surface area contributed by atoms with Crippen molar-refractivity contribution in [2.24, 2.45) is 0 Å². The molecule has 124 valence electrons. The summed E-state index contributed by atoms with van der Waals surface area (Å²) >= 11 is 0. The first-order valence-electron chi connectivity index (χ1n) is 7.66. The highest BCUT2D eigenvalue weighted by Crippen LogP contribution is 2.30. The number of nitrogens with zero attached hydrogens (tertiary/aromatic N) is 3. The van der Waals surface area contributed by atoms with E-state index in [4.69, 9.17) is 0 Å². The SMILES string of the molecule is Cc1nc2ccc(C(F)(F)F)cn2c1C(=O)N1CCCCC1C. The number of hydrogen-bond acceptors (Lipinski definition) is 2. The van der Waals surface area contributed by atoms with E-state index in [0.29, 0.717) is 17.9 Å². The lowest BCUT2D eigenvalue weighted by molar-refractivity contribution is -0.137. The van der Waals surface area contributed by atoms with Crippen molar-refractivity contribution in [2.45, 2.75) is 45.3 Å². The Balaban J connectivity index is 2.08. The molecule has 0 bridgehead atoms. The first-order valence-corrected chi connectivity index (χ1v) is 7.66. The fraction of sp³-hybridized carbons (Fsp3) is 0.500. The second-order valence-corrected chi connectivity index (χ2v) is 6.03. The maximum Gasteiger partial charge on any atom is 0.417 e. The normalized spacial score (nSPS) is 19.3. The van der Waals surface area contributed by atoms with Crippen molar-refractivity contribution >= 4 is 11.6 Å². The van der Waals surface area contributed by atoms with Crippen LogP contribution in [-0.4, -0.2) is 32.8 Å². The lowest BCUT2D eigenvalue weighted by atomic mass is 10.0. The predicted octanol–water partition coefficient (Wildman–Crippen LogP) is 3.68. The van der Waals surface area contributed by atoms with Crippen LogP contribution in [0.1, 0.15) is 47.9 Å². The van der Waals surface area contributed by atoms with E-state index in [2.05, 4.69) is 4.98 Å². The van der Waals surface area contributed by atoms with Crippen LogP contribution in [0.15, 0.2) is 18.3 Å². The van der Waals surface area contributed by atoms with E-state index in [0.717, 1.165) is 31.5 Å². The molecular formula is C16H18F3N3O. The Morgan fingerprint density at radius 2 is 2.04 bits per heavy atom. The number of alkyl halides is 3. The molecule has 3 heterocycles. The lowest BCUT2D eigenvalue weighted by Crippen LogP contribution is -2.42. The van der Waals surface area contributed by atoms with Gasteiger partial charge in [-0.15, -0.1) is 0 Å². The summed E-state index contributed by atoms with van der Waals surface area (Å²) in [6.45, 7) is 4.25. The number of rotatable bonds is 1. The number of pyridine rings is 1. The highest BCUT2D eigenvalue weighted by atomic mass is 19.4. The van der Waals surface area contributed by atoms with Gasteiger partial charge in [0.1, 0.15) is 11.3 Å². The van der Waals surface area contributed by atoms with Crippen LogP contribution in [0.5, 0.6) is 0 Å². The molecule has 2 aromatic rings. The van der Waals surface area contributed by atoms with Crippen LogP contribution in [0.4, 0.5) is 13.2 Å². The molecule has 3 rings (SSSR count). The summed E-state index contributed by atoms with van der Waals surface area (Å²) in [7, 11) is 0. The highest BCUT2D eigenvalue weighted by molar-refractivity contribution is 5.95. The number of amides is 1. The number of imidazole rings is 1. The van der Waals surface area contributed by atoms with Gasteiger partial charge in [0, 0.05) is 18.8 Å². The van der Waals surface area contributed by atoms with Gasteiger partial charge in [0.25, 0.3) is 5.91 Å². The standard InChI is InChI=1S/C16H18F3N3O/c1-10-5-3-4-8-21(10)15(23)14-11(2)20-13-7-6-12(9-22(13)14)16(17,18)19/h6-7,9-10H,3-5,8H2,1-2H3. The number of fused-ring (bicyclic) bond motifs is 1. The molecule has 0 aliphatic carbocycles. The zero-order chi connectivity index (χ0) is 16.8. The summed E-state index contributed by atoms with van der Waals surface area (Å²) in [5.74, 6) is -0.249. The molecule has 0 aromatic carbocycles. The number of aryl methyl sites for hydroxylation is 1. The summed E-state index contributed by atoms with van der Waals surface area (Å²) in [5.41, 5.74) is 0.235. The number of hydrogen-bond donors (Lipinski definition) is 0. The molecule has 0 saturated carbocycles. The number of piperidine rings is 1. The molecule has 1 fully saturated rings. The second-order valence-electron chi connectivity index (χ2n) is 6.03. The van der Waals surface area contributed by atoms with E-state index in [1.165, 1.54) is 10.5 Å². The van der Waals surface area contributed by atoms with Gasteiger partial charge >= 0.3 is 6.18 Å². The Bertz CT molecular complexity index is 751. The van der Waals surface area contributed by atoms with Gasteiger partial charge in [0.15, 0.2) is 0 Å². The third-order valence-electron chi connectivity index (χ3n) is 4.39. The van der Waals surface area contributed by atoms with Crippen LogP contribution >= 0.6 is 0 Å². The van der Waals surface area contributed by atoms with Crippen molar-refractivity contribution in [3.63, 3.8) is 0 Å². The number of likely N-dealkylation sites (tertiary alicyclic amines) is 1. The summed E-state index contributed by atoms with van der Waals surface area (Å²) in [5, 5.41) is 0. The van der Waals surface area contributed by atoms with E-state index >= 15 is 0 Å². The molecule has 1 aliphatic heterocycles. The molecule has 1 unspecified atom stereocenters. The summed E-state index contributed by atoms with van der Waals surface area (Å²) in [6.07, 6.45) is -0.605. The van der Waals surface area contributed by atoms with Gasteiger partial charge in [-0.25, -0.2) is 4.98 Å². The Kier molecular flexibility index (Phi) is 3.82. The average Bonchev–Trinajstić information content (AvgIpc) is 2.81. The molecule has 1 aliphatic rings. The lowest BCUT2D eigenvalue weighted by Gasteiger charge is -2.33. The molecular weight excluding hydrogens is 307 g/mol. The van der Waals surface area contributed by atoms with Gasteiger partial charge in [-0.2, -0.15) is 13.2 Å². The van der Waals surface area contributed by atoms with Gasteiger partial charge in [-0.05, 0) is 45.2 Å². The first kappa shape index (κ1) is 15.8. The molecule has 1 atom stereocenters. The molecule has 7 heteroatoms. The van der Waals surface area contributed by atoms with E-state index in [1.807, 2.05) is 6.92 Å². The third-order valence-corrected chi connectivity index (χ3v) is 4.39. The quantitative estimate of drug-likeness (QED) is 0.802. The van der Waals surface area contributed by atoms with Gasteiger partial charge < -0.3 is 4.90 Å². The van der Waals surface area contributed by atoms with Crippen molar-refractivity contribution < 1.29 is 18.0 Å². The van der Waals surface area contributed by atoms with Crippen LogP contribution in [0.2, 0.25) is 0 Å².